The molecule has 3 heteroatoms. The Balaban J connectivity index is 2.18. The lowest BCUT2D eigenvalue weighted by molar-refractivity contribution is 0.675. The number of hydrogen-bond acceptors (Lipinski definition) is 2. The average molecular weight is 324 g/mol. The fourth-order valence-corrected chi connectivity index (χ4v) is 3.66. The molecule has 0 saturated carbocycles. The summed E-state index contributed by atoms with van der Waals surface area (Å²) in [6.07, 6.45) is 1.18. The maximum absolute atomic E-state index is 3.61. The van der Waals surface area contributed by atoms with Crippen LogP contribution in [0.15, 0.2) is 34.1 Å². The van der Waals surface area contributed by atoms with E-state index in [1.165, 1.54) is 32.5 Å². The summed E-state index contributed by atoms with van der Waals surface area (Å²) < 4.78 is 1.19. The van der Waals surface area contributed by atoms with Gasteiger partial charge in [0.25, 0.3) is 0 Å². The van der Waals surface area contributed by atoms with Crippen LogP contribution in [0.5, 0.6) is 0 Å². The lowest BCUT2D eigenvalue weighted by Gasteiger charge is -2.08. The predicted molar refractivity (Wildman–Crippen MR) is 84.2 cm³/mol. The van der Waals surface area contributed by atoms with E-state index in [-0.39, 0.29) is 0 Å². The maximum Gasteiger partial charge on any atom is 0.0487 e. The SMILES string of the molecule is CCCNCc1ccc(-c2sccc2Br)c(C)c1. The first-order valence-corrected chi connectivity index (χ1v) is 7.93. The summed E-state index contributed by atoms with van der Waals surface area (Å²) in [6, 6.07) is 8.84. The second-order valence-electron chi connectivity index (χ2n) is 4.42. The minimum absolute atomic E-state index is 0.959. The molecule has 0 saturated heterocycles. The van der Waals surface area contributed by atoms with Gasteiger partial charge >= 0.3 is 0 Å². The summed E-state index contributed by atoms with van der Waals surface area (Å²) in [5, 5.41) is 5.56. The number of hydrogen-bond donors (Lipinski definition) is 1. The molecule has 1 aromatic heterocycles. The van der Waals surface area contributed by atoms with Gasteiger partial charge < -0.3 is 5.32 Å². The first-order chi connectivity index (χ1) is 8.72. The van der Waals surface area contributed by atoms with E-state index in [2.05, 4.69) is 64.7 Å². The highest BCUT2D eigenvalue weighted by Gasteiger charge is 2.07. The fourth-order valence-electron chi connectivity index (χ4n) is 1.99. The summed E-state index contributed by atoms with van der Waals surface area (Å²) in [5.41, 5.74) is 4.03. The van der Waals surface area contributed by atoms with Crippen molar-refractivity contribution in [2.45, 2.75) is 26.8 Å². The molecule has 0 bridgehead atoms. The van der Waals surface area contributed by atoms with E-state index in [0.717, 1.165) is 13.1 Å². The Morgan fingerprint density at radius 2 is 2.11 bits per heavy atom. The Morgan fingerprint density at radius 3 is 2.72 bits per heavy atom. The molecule has 1 N–H and O–H groups in total. The number of rotatable bonds is 5. The molecule has 0 aliphatic rings. The van der Waals surface area contributed by atoms with Crippen LogP contribution in [-0.2, 0) is 6.54 Å². The van der Waals surface area contributed by atoms with Crippen molar-refractivity contribution < 1.29 is 0 Å². The Morgan fingerprint density at radius 1 is 1.28 bits per heavy atom. The highest BCUT2D eigenvalue weighted by atomic mass is 79.9. The van der Waals surface area contributed by atoms with Gasteiger partial charge in [0.2, 0.25) is 0 Å². The lowest BCUT2D eigenvalue weighted by atomic mass is 10.0. The molecule has 1 heterocycles. The van der Waals surface area contributed by atoms with E-state index in [1.807, 2.05) is 0 Å². The third-order valence-electron chi connectivity index (χ3n) is 2.91. The molecular formula is C15H18BrNS. The second-order valence-corrected chi connectivity index (χ2v) is 6.19. The smallest absolute Gasteiger partial charge is 0.0487 e. The Hall–Kier alpha value is -0.640. The molecule has 0 aliphatic heterocycles. The summed E-state index contributed by atoms with van der Waals surface area (Å²) >= 11 is 5.39. The number of halogens is 1. The van der Waals surface area contributed by atoms with Gasteiger partial charge in [0.05, 0.1) is 0 Å². The van der Waals surface area contributed by atoms with E-state index in [9.17, 15) is 0 Å². The van der Waals surface area contributed by atoms with Crippen molar-refractivity contribution in [2.24, 2.45) is 0 Å². The zero-order chi connectivity index (χ0) is 13.0. The monoisotopic (exact) mass is 323 g/mol. The Kier molecular flexibility index (Phi) is 4.98. The molecule has 2 rings (SSSR count). The van der Waals surface area contributed by atoms with Gasteiger partial charge in [0.1, 0.15) is 0 Å². The van der Waals surface area contributed by atoms with Crippen LogP contribution in [0.4, 0.5) is 0 Å². The van der Waals surface area contributed by atoms with Crippen LogP contribution in [-0.4, -0.2) is 6.54 Å². The zero-order valence-corrected chi connectivity index (χ0v) is 13.2. The molecule has 96 valence electrons. The quantitative estimate of drug-likeness (QED) is 0.764. The highest BCUT2D eigenvalue weighted by molar-refractivity contribution is 9.10. The van der Waals surface area contributed by atoms with Crippen molar-refractivity contribution in [3.05, 3.63) is 45.2 Å². The zero-order valence-electron chi connectivity index (χ0n) is 10.8. The molecule has 1 nitrogen and oxygen atoms in total. The van der Waals surface area contributed by atoms with Crippen molar-refractivity contribution in [1.82, 2.24) is 5.32 Å². The normalized spacial score (nSPS) is 10.8. The van der Waals surface area contributed by atoms with E-state index in [1.54, 1.807) is 11.3 Å². The lowest BCUT2D eigenvalue weighted by Crippen LogP contribution is -2.13. The van der Waals surface area contributed by atoms with Crippen molar-refractivity contribution in [2.75, 3.05) is 6.54 Å². The van der Waals surface area contributed by atoms with Crippen LogP contribution in [0, 0.1) is 6.92 Å². The molecule has 0 unspecified atom stereocenters. The molecule has 2 aromatic rings. The molecular weight excluding hydrogens is 306 g/mol. The summed E-state index contributed by atoms with van der Waals surface area (Å²) in [7, 11) is 0. The van der Waals surface area contributed by atoms with Crippen molar-refractivity contribution in [3.63, 3.8) is 0 Å². The second kappa shape index (κ2) is 6.50. The number of benzene rings is 1. The van der Waals surface area contributed by atoms with Gasteiger partial charge in [-0.2, -0.15) is 0 Å². The van der Waals surface area contributed by atoms with Crippen LogP contribution in [0.25, 0.3) is 10.4 Å². The third kappa shape index (κ3) is 3.22. The van der Waals surface area contributed by atoms with Gasteiger partial charge in [0.15, 0.2) is 0 Å². The molecule has 1 aromatic carbocycles. The average Bonchev–Trinajstić information content (AvgIpc) is 2.76. The highest BCUT2D eigenvalue weighted by Crippen LogP contribution is 2.35. The van der Waals surface area contributed by atoms with Crippen molar-refractivity contribution in [1.29, 1.82) is 0 Å². The molecule has 0 aliphatic carbocycles. The van der Waals surface area contributed by atoms with Gasteiger partial charge in [-0.05, 0) is 64.0 Å². The van der Waals surface area contributed by atoms with Gasteiger partial charge in [-0.15, -0.1) is 11.3 Å². The minimum atomic E-state index is 0.959. The minimum Gasteiger partial charge on any atom is -0.313 e. The molecule has 0 atom stereocenters. The standard InChI is InChI=1S/C15H18BrNS/c1-3-7-17-10-12-4-5-13(11(2)9-12)15-14(16)6-8-18-15/h4-6,8-9,17H,3,7,10H2,1-2H3. The topological polar surface area (TPSA) is 12.0 Å². The number of aryl methyl sites for hydroxylation is 1. The van der Waals surface area contributed by atoms with Gasteiger partial charge in [-0.25, -0.2) is 0 Å². The summed E-state index contributed by atoms with van der Waals surface area (Å²) in [6.45, 7) is 6.42. The van der Waals surface area contributed by atoms with Crippen LogP contribution < -0.4 is 5.32 Å². The number of nitrogens with one attached hydrogen (secondary N) is 1. The molecule has 18 heavy (non-hydrogen) atoms. The third-order valence-corrected chi connectivity index (χ3v) is 4.78. The van der Waals surface area contributed by atoms with E-state index in [4.69, 9.17) is 0 Å². The number of thiophene rings is 1. The Bertz CT molecular complexity index is 519. The van der Waals surface area contributed by atoms with Gasteiger partial charge in [0, 0.05) is 15.9 Å². The van der Waals surface area contributed by atoms with Crippen LogP contribution >= 0.6 is 27.3 Å². The molecule has 0 fully saturated rings. The Labute approximate surface area is 121 Å². The van der Waals surface area contributed by atoms with E-state index >= 15 is 0 Å². The van der Waals surface area contributed by atoms with Crippen molar-refractivity contribution in [3.8, 4) is 10.4 Å². The van der Waals surface area contributed by atoms with Gasteiger partial charge in [-0.3, -0.25) is 0 Å². The first kappa shape index (κ1) is 13.8. The molecule has 0 radical (unpaired) electrons. The largest absolute Gasteiger partial charge is 0.313 e. The van der Waals surface area contributed by atoms with Crippen LogP contribution in [0.3, 0.4) is 0 Å². The molecule has 0 amide bonds. The van der Waals surface area contributed by atoms with Crippen molar-refractivity contribution >= 4 is 27.3 Å². The molecule has 0 spiro atoms. The predicted octanol–water partition coefficient (Wildman–Crippen LogP) is 4.99. The van der Waals surface area contributed by atoms with Gasteiger partial charge in [-0.1, -0.05) is 25.1 Å². The summed E-state index contributed by atoms with van der Waals surface area (Å²) in [4.78, 5) is 1.32. The van der Waals surface area contributed by atoms with E-state index < -0.39 is 0 Å². The summed E-state index contributed by atoms with van der Waals surface area (Å²) in [5.74, 6) is 0. The van der Waals surface area contributed by atoms with Crippen LogP contribution in [0.1, 0.15) is 24.5 Å². The first-order valence-electron chi connectivity index (χ1n) is 6.26. The van der Waals surface area contributed by atoms with Crippen LogP contribution in [0.2, 0.25) is 0 Å². The maximum atomic E-state index is 3.61. The van der Waals surface area contributed by atoms with E-state index in [0.29, 0.717) is 0 Å². The fraction of sp³-hybridized carbons (Fsp3) is 0.333.